The van der Waals surface area contributed by atoms with Crippen LogP contribution in [0.3, 0.4) is 0 Å². The predicted octanol–water partition coefficient (Wildman–Crippen LogP) is 6.98. The third-order valence-electron chi connectivity index (χ3n) is 6.50. The molecule has 0 fully saturated rings. The molecule has 3 rings (SSSR count). The van der Waals surface area contributed by atoms with Gasteiger partial charge in [0.1, 0.15) is 11.5 Å². The number of ether oxygens (including phenoxy) is 2. The summed E-state index contributed by atoms with van der Waals surface area (Å²) in [5.74, 6) is 1.21. The largest absolute Gasteiger partial charge is 0.496 e. The first-order chi connectivity index (χ1) is 16.6. The number of methoxy groups -OCH3 is 1. The number of carboxylic acids is 1. The van der Waals surface area contributed by atoms with Gasteiger partial charge in [0.2, 0.25) is 5.95 Å². The molecule has 2 N–H and O–H groups in total. The number of anilines is 2. The first-order valence-corrected chi connectivity index (χ1v) is 12.4. The highest BCUT2D eigenvalue weighted by atomic mass is 16.5. The van der Waals surface area contributed by atoms with E-state index >= 15 is 0 Å². The van der Waals surface area contributed by atoms with Gasteiger partial charge in [0.15, 0.2) is 0 Å². The summed E-state index contributed by atoms with van der Waals surface area (Å²) in [7, 11) is 1.57. The number of nitrogens with zero attached hydrogens (tertiary/aromatic N) is 2. The molecule has 0 radical (unpaired) electrons. The molecule has 3 aromatic rings. The minimum absolute atomic E-state index is 0.111. The second-order valence-electron chi connectivity index (χ2n) is 10.1. The quantitative estimate of drug-likeness (QED) is 0.290. The molecule has 0 amide bonds. The van der Waals surface area contributed by atoms with Crippen LogP contribution in [0.15, 0.2) is 36.4 Å². The lowest BCUT2D eigenvalue weighted by Crippen LogP contribution is -2.20. The molecule has 0 bridgehead atoms. The lowest BCUT2D eigenvalue weighted by molar-refractivity contribution is -0.136. The van der Waals surface area contributed by atoms with Crippen molar-refractivity contribution in [2.75, 3.05) is 12.4 Å². The number of aromatic nitrogens is 2. The third kappa shape index (κ3) is 6.47. The van der Waals surface area contributed by atoms with Crippen LogP contribution in [0.4, 0.5) is 11.6 Å². The summed E-state index contributed by atoms with van der Waals surface area (Å²) in [6, 6.07) is 11.8. The molecule has 190 valence electrons. The maximum atomic E-state index is 11.4. The molecule has 0 aliphatic heterocycles. The normalized spacial score (nSPS) is 12.7. The highest BCUT2D eigenvalue weighted by Crippen LogP contribution is 2.39. The Labute approximate surface area is 208 Å². The van der Waals surface area contributed by atoms with Gasteiger partial charge in [0, 0.05) is 23.4 Å². The van der Waals surface area contributed by atoms with E-state index in [-0.39, 0.29) is 24.0 Å². The second kappa shape index (κ2) is 11.0. The lowest BCUT2D eigenvalue weighted by Gasteiger charge is -2.30. The number of hydrogen-bond donors (Lipinski definition) is 2. The number of hydrogen-bond acceptors (Lipinski definition) is 5. The number of aliphatic carboxylic acids is 1. The Kier molecular flexibility index (Phi) is 8.30. The molecular weight excluding hydrogens is 442 g/mol. The average molecular weight is 482 g/mol. The van der Waals surface area contributed by atoms with Gasteiger partial charge in [0.25, 0.3) is 0 Å². The molecule has 1 unspecified atom stereocenters. The first kappa shape index (κ1) is 26.4. The predicted molar refractivity (Wildman–Crippen MR) is 141 cm³/mol. The van der Waals surface area contributed by atoms with Gasteiger partial charge in [-0.15, -0.1) is 0 Å². The van der Waals surface area contributed by atoms with Gasteiger partial charge in [-0.25, -0.2) is 4.98 Å². The smallest absolute Gasteiger partial charge is 0.307 e. The number of imidazole rings is 1. The molecule has 1 aromatic heterocycles. The van der Waals surface area contributed by atoms with Crippen molar-refractivity contribution >= 4 is 28.6 Å². The Balaban J connectivity index is 2.11. The van der Waals surface area contributed by atoms with Crippen LogP contribution in [0.2, 0.25) is 0 Å². The van der Waals surface area contributed by atoms with Crippen molar-refractivity contribution in [3.8, 4) is 11.5 Å². The van der Waals surface area contributed by atoms with Gasteiger partial charge in [-0.3, -0.25) is 4.79 Å². The topological polar surface area (TPSA) is 85.6 Å². The molecule has 2 aromatic carbocycles. The fraction of sp³-hybridized carbons (Fsp3) is 0.500. The zero-order valence-corrected chi connectivity index (χ0v) is 22.0. The summed E-state index contributed by atoms with van der Waals surface area (Å²) in [5.41, 5.74) is 3.35. The van der Waals surface area contributed by atoms with E-state index in [9.17, 15) is 9.90 Å². The van der Waals surface area contributed by atoms with Gasteiger partial charge in [-0.1, -0.05) is 34.1 Å². The van der Waals surface area contributed by atoms with Crippen molar-refractivity contribution in [2.45, 2.75) is 79.4 Å². The van der Waals surface area contributed by atoms with Crippen molar-refractivity contribution < 1.29 is 19.4 Å². The second-order valence-corrected chi connectivity index (χ2v) is 10.1. The van der Waals surface area contributed by atoms with Gasteiger partial charge in [-0.05, 0) is 62.4 Å². The van der Waals surface area contributed by atoms with Crippen LogP contribution in [0.1, 0.15) is 72.4 Å². The van der Waals surface area contributed by atoms with E-state index in [2.05, 4.69) is 37.6 Å². The molecule has 0 aliphatic carbocycles. The van der Waals surface area contributed by atoms with Gasteiger partial charge in [-0.2, -0.15) is 0 Å². The summed E-state index contributed by atoms with van der Waals surface area (Å²) in [4.78, 5) is 16.3. The Morgan fingerprint density at radius 2 is 1.86 bits per heavy atom. The van der Waals surface area contributed by atoms with Crippen molar-refractivity contribution in [3.63, 3.8) is 0 Å². The molecule has 0 saturated heterocycles. The van der Waals surface area contributed by atoms with Gasteiger partial charge >= 0.3 is 5.97 Å². The van der Waals surface area contributed by atoms with Crippen molar-refractivity contribution in [1.29, 1.82) is 0 Å². The Morgan fingerprint density at radius 3 is 2.40 bits per heavy atom. The molecule has 7 heteroatoms. The van der Waals surface area contributed by atoms with Crippen LogP contribution in [0, 0.1) is 5.41 Å². The van der Waals surface area contributed by atoms with E-state index in [1.54, 1.807) is 7.11 Å². The zero-order chi connectivity index (χ0) is 25.8. The Morgan fingerprint density at radius 1 is 1.17 bits per heavy atom. The Bertz CT molecular complexity index is 1150. The number of rotatable bonds is 12. The van der Waals surface area contributed by atoms with Crippen LogP contribution >= 0.6 is 0 Å². The standard InChI is InChI=1S/C28H39N3O4/c1-8-21(17-28(5,6)9-2)31-24-16-25(34-7)19(15-26(32)33)14-23(24)30-27(31)29-20-10-12-22(13-11-20)35-18(3)4/h10-14,16,18,21H,8-9,15,17H2,1-7H3,(H,29,30)(H,32,33). The third-order valence-corrected chi connectivity index (χ3v) is 6.50. The summed E-state index contributed by atoms with van der Waals surface area (Å²) in [5, 5.41) is 12.9. The highest BCUT2D eigenvalue weighted by Gasteiger charge is 2.26. The number of nitrogens with one attached hydrogen (secondary N) is 1. The SMILES string of the molecule is CCC(CC(C)(C)CC)n1c(Nc2ccc(OC(C)C)cc2)nc2cc(CC(=O)O)c(OC)cc21. The van der Waals surface area contributed by atoms with Crippen molar-refractivity contribution in [3.05, 3.63) is 42.0 Å². The van der Waals surface area contributed by atoms with Crippen LogP contribution in [0.5, 0.6) is 11.5 Å². The number of fused-ring (bicyclic) bond motifs is 1. The van der Waals surface area contributed by atoms with Crippen LogP contribution in [0.25, 0.3) is 11.0 Å². The van der Waals surface area contributed by atoms with Crippen LogP contribution in [-0.2, 0) is 11.2 Å². The number of carboxylic acid groups (broad SMARTS) is 1. The monoisotopic (exact) mass is 481 g/mol. The number of carbonyl (C=O) groups is 1. The van der Waals surface area contributed by atoms with E-state index in [4.69, 9.17) is 14.5 Å². The van der Waals surface area contributed by atoms with E-state index in [0.717, 1.165) is 47.7 Å². The van der Waals surface area contributed by atoms with E-state index in [0.29, 0.717) is 11.3 Å². The maximum Gasteiger partial charge on any atom is 0.307 e. The fourth-order valence-electron chi connectivity index (χ4n) is 4.33. The highest BCUT2D eigenvalue weighted by molar-refractivity contribution is 5.84. The van der Waals surface area contributed by atoms with E-state index in [1.807, 2.05) is 50.2 Å². The van der Waals surface area contributed by atoms with Crippen molar-refractivity contribution in [2.24, 2.45) is 5.41 Å². The summed E-state index contributed by atoms with van der Waals surface area (Å²) in [6.45, 7) is 13.0. The van der Waals surface area contributed by atoms with Gasteiger partial charge < -0.3 is 24.5 Å². The van der Waals surface area contributed by atoms with Crippen LogP contribution in [-0.4, -0.2) is 33.8 Å². The molecule has 1 atom stereocenters. The molecule has 7 nitrogen and oxygen atoms in total. The minimum Gasteiger partial charge on any atom is -0.496 e. The molecule has 0 aliphatic rings. The fourth-order valence-corrected chi connectivity index (χ4v) is 4.33. The van der Waals surface area contributed by atoms with Gasteiger partial charge in [0.05, 0.1) is 30.7 Å². The zero-order valence-electron chi connectivity index (χ0n) is 22.0. The molecular formula is C28H39N3O4. The summed E-state index contributed by atoms with van der Waals surface area (Å²) in [6.07, 6.45) is 2.99. The maximum absolute atomic E-state index is 11.4. The van der Waals surface area contributed by atoms with E-state index < -0.39 is 5.97 Å². The van der Waals surface area contributed by atoms with Crippen molar-refractivity contribution in [1.82, 2.24) is 9.55 Å². The molecule has 0 saturated carbocycles. The van der Waals surface area contributed by atoms with Crippen LogP contribution < -0.4 is 14.8 Å². The summed E-state index contributed by atoms with van der Waals surface area (Å²) < 4.78 is 13.6. The first-order valence-electron chi connectivity index (χ1n) is 12.4. The molecule has 1 heterocycles. The lowest BCUT2D eigenvalue weighted by atomic mass is 9.82. The summed E-state index contributed by atoms with van der Waals surface area (Å²) >= 11 is 0. The molecule has 0 spiro atoms. The number of benzene rings is 2. The molecule has 35 heavy (non-hydrogen) atoms. The minimum atomic E-state index is -0.903. The average Bonchev–Trinajstić information content (AvgIpc) is 3.14. The van der Waals surface area contributed by atoms with E-state index in [1.165, 1.54) is 0 Å². The Hall–Kier alpha value is -3.22.